The number of rotatable bonds is 4. The molecule has 0 aromatic heterocycles. The van der Waals surface area contributed by atoms with Crippen LogP contribution in [0.2, 0.25) is 0 Å². The summed E-state index contributed by atoms with van der Waals surface area (Å²) in [4.78, 5) is 2.16. The van der Waals surface area contributed by atoms with Crippen molar-refractivity contribution in [3.63, 3.8) is 0 Å². The molecule has 0 amide bonds. The molecule has 1 heterocycles. The molecule has 1 aliphatic heterocycles. The van der Waals surface area contributed by atoms with E-state index in [9.17, 15) is 8.78 Å². The molecular formula is C13H16ClF2N. The SMILES string of the molecule is Fc1cccc(CN2CCC(CCCl)C2)c1F. The Kier molecular flexibility index (Phi) is 4.35. The Morgan fingerprint density at radius 3 is 2.94 bits per heavy atom. The van der Waals surface area contributed by atoms with E-state index in [0.717, 1.165) is 32.0 Å². The van der Waals surface area contributed by atoms with Gasteiger partial charge in [0.1, 0.15) is 0 Å². The summed E-state index contributed by atoms with van der Waals surface area (Å²) in [7, 11) is 0. The van der Waals surface area contributed by atoms with Crippen LogP contribution >= 0.6 is 11.6 Å². The van der Waals surface area contributed by atoms with Gasteiger partial charge < -0.3 is 0 Å². The average Bonchev–Trinajstić information content (AvgIpc) is 2.73. The van der Waals surface area contributed by atoms with Crippen LogP contribution in [0.5, 0.6) is 0 Å². The Bertz CT molecular complexity index is 384. The third kappa shape index (κ3) is 3.17. The van der Waals surface area contributed by atoms with Crippen molar-refractivity contribution in [1.82, 2.24) is 4.90 Å². The molecule has 1 fully saturated rings. The van der Waals surface area contributed by atoms with Crippen LogP contribution in [-0.2, 0) is 6.54 Å². The Labute approximate surface area is 105 Å². The number of nitrogens with zero attached hydrogens (tertiary/aromatic N) is 1. The van der Waals surface area contributed by atoms with Crippen LogP contribution in [0.25, 0.3) is 0 Å². The molecule has 4 heteroatoms. The topological polar surface area (TPSA) is 3.24 Å². The fraction of sp³-hybridized carbons (Fsp3) is 0.538. The summed E-state index contributed by atoms with van der Waals surface area (Å²) in [6.07, 6.45) is 2.10. The molecule has 0 bridgehead atoms. The first-order valence-corrected chi connectivity index (χ1v) is 6.45. The standard InChI is InChI=1S/C13H16ClF2N/c14-6-4-10-5-7-17(8-10)9-11-2-1-3-12(15)13(11)16/h1-3,10H,4-9H2. The highest BCUT2D eigenvalue weighted by atomic mass is 35.5. The van der Waals surface area contributed by atoms with E-state index in [0.29, 0.717) is 23.9 Å². The fourth-order valence-electron chi connectivity index (χ4n) is 2.36. The lowest BCUT2D eigenvalue weighted by atomic mass is 10.1. The van der Waals surface area contributed by atoms with Gasteiger partial charge in [-0.1, -0.05) is 12.1 Å². The quantitative estimate of drug-likeness (QED) is 0.749. The number of alkyl halides is 1. The van der Waals surface area contributed by atoms with Crippen molar-refractivity contribution in [1.29, 1.82) is 0 Å². The lowest BCUT2D eigenvalue weighted by Gasteiger charge is -2.16. The zero-order valence-corrected chi connectivity index (χ0v) is 10.4. The summed E-state index contributed by atoms with van der Waals surface area (Å²) in [5.74, 6) is -0.205. The van der Waals surface area contributed by atoms with Crippen molar-refractivity contribution in [2.45, 2.75) is 19.4 Å². The molecule has 17 heavy (non-hydrogen) atoms. The maximum absolute atomic E-state index is 13.5. The molecule has 0 spiro atoms. The minimum Gasteiger partial charge on any atom is -0.299 e. The molecule has 0 N–H and O–H groups in total. The summed E-state index contributed by atoms with van der Waals surface area (Å²) in [6.45, 7) is 2.36. The molecule has 0 aliphatic carbocycles. The predicted molar refractivity (Wildman–Crippen MR) is 65.1 cm³/mol. The largest absolute Gasteiger partial charge is 0.299 e. The summed E-state index contributed by atoms with van der Waals surface area (Å²) in [5, 5.41) is 0. The van der Waals surface area contributed by atoms with Gasteiger partial charge >= 0.3 is 0 Å². The van der Waals surface area contributed by atoms with E-state index < -0.39 is 11.6 Å². The minimum absolute atomic E-state index is 0.441. The van der Waals surface area contributed by atoms with E-state index in [1.54, 1.807) is 12.1 Å². The number of hydrogen-bond donors (Lipinski definition) is 0. The van der Waals surface area contributed by atoms with E-state index in [1.807, 2.05) is 0 Å². The first-order valence-electron chi connectivity index (χ1n) is 5.92. The first-order chi connectivity index (χ1) is 8.20. The van der Waals surface area contributed by atoms with Gasteiger partial charge in [0.25, 0.3) is 0 Å². The van der Waals surface area contributed by atoms with Gasteiger partial charge in [0.05, 0.1) is 0 Å². The maximum Gasteiger partial charge on any atom is 0.163 e. The van der Waals surface area contributed by atoms with Crippen LogP contribution < -0.4 is 0 Å². The summed E-state index contributed by atoms with van der Waals surface area (Å²) in [6, 6.07) is 4.35. The molecule has 0 saturated carbocycles. The molecule has 1 unspecified atom stereocenters. The Morgan fingerprint density at radius 1 is 1.35 bits per heavy atom. The highest BCUT2D eigenvalue weighted by molar-refractivity contribution is 6.17. The Hall–Kier alpha value is -0.670. The van der Waals surface area contributed by atoms with Crippen molar-refractivity contribution in [3.05, 3.63) is 35.4 Å². The Balaban J connectivity index is 1.96. The van der Waals surface area contributed by atoms with Gasteiger partial charge in [-0.15, -0.1) is 11.6 Å². The van der Waals surface area contributed by atoms with Gasteiger partial charge in [-0.3, -0.25) is 4.90 Å². The van der Waals surface area contributed by atoms with E-state index in [2.05, 4.69) is 4.90 Å². The van der Waals surface area contributed by atoms with Crippen molar-refractivity contribution in [3.8, 4) is 0 Å². The molecule has 94 valence electrons. The van der Waals surface area contributed by atoms with Crippen molar-refractivity contribution < 1.29 is 8.78 Å². The summed E-state index contributed by atoms with van der Waals surface area (Å²) >= 11 is 5.71. The van der Waals surface area contributed by atoms with Gasteiger partial charge in [-0.05, 0) is 31.4 Å². The van der Waals surface area contributed by atoms with Crippen LogP contribution in [-0.4, -0.2) is 23.9 Å². The van der Waals surface area contributed by atoms with E-state index in [-0.39, 0.29) is 0 Å². The normalized spacial score (nSPS) is 21.0. The minimum atomic E-state index is -0.765. The second-order valence-corrected chi connectivity index (χ2v) is 4.96. The van der Waals surface area contributed by atoms with E-state index in [1.165, 1.54) is 0 Å². The summed E-state index contributed by atoms with van der Waals surface area (Å²) in [5.41, 5.74) is 0.441. The maximum atomic E-state index is 13.5. The summed E-state index contributed by atoms with van der Waals surface area (Å²) < 4.78 is 26.5. The molecule has 1 aromatic carbocycles. The molecular weight excluding hydrogens is 244 g/mol. The third-order valence-corrected chi connectivity index (χ3v) is 3.53. The monoisotopic (exact) mass is 259 g/mol. The third-order valence-electron chi connectivity index (χ3n) is 3.31. The van der Waals surface area contributed by atoms with E-state index in [4.69, 9.17) is 11.6 Å². The number of hydrogen-bond acceptors (Lipinski definition) is 1. The van der Waals surface area contributed by atoms with Crippen LogP contribution in [0.1, 0.15) is 18.4 Å². The molecule has 1 saturated heterocycles. The van der Waals surface area contributed by atoms with Crippen molar-refractivity contribution in [2.24, 2.45) is 5.92 Å². The predicted octanol–water partition coefficient (Wildman–Crippen LogP) is 3.42. The second kappa shape index (κ2) is 5.78. The van der Waals surface area contributed by atoms with Crippen molar-refractivity contribution >= 4 is 11.6 Å². The van der Waals surface area contributed by atoms with Crippen LogP contribution in [0.4, 0.5) is 8.78 Å². The van der Waals surface area contributed by atoms with Gasteiger partial charge in [-0.25, -0.2) is 8.78 Å². The fourth-order valence-corrected chi connectivity index (χ4v) is 2.67. The van der Waals surface area contributed by atoms with E-state index >= 15 is 0 Å². The molecule has 0 radical (unpaired) electrons. The van der Waals surface area contributed by atoms with Gasteiger partial charge in [0, 0.05) is 24.5 Å². The van der Waals surface area contributed by atoms with Gasteiger partial charge in [0.2, 0.25) is 0 Å². The zero-order valence-electron chi connectivity index (χ0n) is 9.63. The number of halogens is 3. The second-order valence-electron chi connectivity index (χ2n) is 4.58. The molecule has 1 atom stereocenters. The first kappa shape index (κ1) is 12.8. The van der Waals surface area contributed by atoms with Crippen LogP contribution in [0.15, 0.2) is 18.2 Å². The van der Waals surface area contributed by atoms with Gasteiger partial charge in [0.15, 0.2) is 11.6 Å². The number of benzene rings is 1. The highest BCUT2D eigenvalue weighted by Crippen LogP contribution is 2.23. The molecule has 1 aliphatic rings. The lowest BCUT2D eigenvalue weighted by Crippen LogP contribution is -2.21. The average molecular weight is 260 g/mol. The van der Waals surface area contributed by atoms with Crippen LogP contribution in [0.3, 0.4) is 0 Å². The van der Waals surface area contributed by atoms with Crippen LogP contribution in [0, 0.1) is 17.6 Å². The highest BCUT2D eigenvalue weighted by Gasteiger charge is 2.22. The molecule has 1 aromatic rings. The Morgan fingerprint density at radius 2 is 2.18 bits per heavy atom. The number of likely N-dealkylation sites (tertiary alicyclic amines) is 1. The smallest absolute Gasteiger partial charge is 0.163 e. The lowest BCUT2D eigenvalue weighted by molar-refractivity contribution is 0.308. The van der Waals surface area contributed by atoms with Gasteiger partial charge in [-0.2, -0.15) is 0 Å². The zero-order chi connectivity index (χ0) is 12.3. The van der Waals surface area contributed by atoms with Crippen molar-refractivity contribution in [2.75, 3.05) is 19.0 Å². The molecule has 1 nitrogen and oxygen atoms in total. The molecule has 2 rings (SSSR count).